The Balaban J connectivity index is 2.10. The maximum absolute atomic E-state index is 10.8. The number of benzene rings is 1. The van der Waals surface area contributed by atoms with E-state index < -0.39 is 17.5 Å². The van der Waals surface area contributed by atoms with Crippen molar-refractivity contribution in [3.05, 3.63) is 30.0 Å². The molecule has 8 nitrogen and oxygen atoms in total. The molecule has 1 aromatic carbocycles. The number of carboxylic acids is 2. The van der Waals surface area contributed by atoms with E-state index >= 15 is 0 Å². The van der Waals surface area contributed by atoms with Crippen molar-refractivity contribution >= 4 is 17.6 Å². The number of fused-ring (bicyclic) bond motifs is 1. The van der Waals surface area contributed by atoms with Gasteiger partial charge in [-0.1, -0.05) is 0 Å². The predicted octanol–water partition coefficient (Wildman–Crippen LogP) is 1.33. The molecule has 0 aliphatic carbocycles. The monoisotopic (exact) mass is 323 g/mol. The summed E-state index contributed by atoms with van der Waals surface area (Å²) in [5.74, 6) is -2.02. The molecule has 0 radical (unpaired) electrons. The fourth-order valence-electron chi connectivity index (χ4n) is 1.91. The first-order chi connectivity index (χ1) is 11.0. The number of ether oxygens (including phenoxy) is 3. The Morgan fingerprint density at radius 3 is 2.74 bits per heavy atom. The zero-order valence-electron chi connectivity index (χ0n) is 12.4. The second-order valence-corrected chi connectivity index (χ2v) is 4.68. The molecule has 1 unspecified atom stereocenters. The summed E-state index contributed by atoms with van der Waals surface area (Å²) < 4.78 is 16.6. The van der Waals surface area contributed by atoms with Gasteiger partial charge < -0.3 is 29.7 Å². The molecular formula is C15H17NO7. The summed E-state index contributed by atoms with van der Waals surface area (Å²) in [5.41, 5.74) is -0.293. The van der Waals surface area contributed by atoms with Gasteiger partial charge in [0.2, 0.25) is 0 Å². The molecule has 1 aromatic rings. The van der Waals surface area contributed by atoms with E-state index in [1.165, 1.54) is 0 Å². The molecule has 0 fully saturated rings. The third-order valence-electron chi connectivity index (χ3n) is 3.01. The molecule has 1 atom stereocenters. The summed E-state index contributed by atoms with van der Waals surface area (Å²) in [7, 11) is 0. The van der Waals surface area contributed by atoms with E-state index in [9.17, 15) is 9.59 Å². The van der Waals surface area contributed by atoms with Crippen molar-refractivity contribution in [3.63, 3.8) is 0 Å². The average molecular weight is 323 g/mol. The SMILES string of the molecule is CCOCC1COc2ccc(NC=C(C(=O)O)C(=O)O)cc2O1. The van der Waals surface area contributed by atoms with Crippen LogP contribution in [0.5, 0.6) is 11.5 Å². The van der Waals surface area contributed by atoms with E-state index in [0.717, 1.165) is 6.20 Å². The summed E-state index contributed by atoms with van der Waals surface area (Å²) in [6.07, 6.45) is 0.676. The van der Waals surface area contributed by atoms with Crippen molar-refractivity contribution in [2.45, 2.75) is 13.0 Å². The number of carbonyl (C=O) groups is 2. The number of anilines is 1. The van der Waals surface area contributed by atoms with Crippen molar-refractivity contribution in [1.82, 2.24) is 0 Å². The maximum atomic E-state index is 10.8. The zero-order valence-corrected chi connectivity index (χ0v) is 12.4. The van der Waals surface area contributed by atoms with Gasteiger partial charge in [-0.15, -0.1) is 0 Å². The van der Waals surface area contributed by atoms with Crippen LogP contribution < -0.4 is 14.8 Å². The third kappa shape index (κ3) is 4.36. The summed E-state index contributed by atoms with van der Waals surface area (Å²) in [4.78, 5) is 21.6. The van der Waals surface area contributed by atoms with Crippen LogP contribution in [0.2, 0.25) is 0 Å². The van der Waals surface area contributed by atoms with Crippen molar-refractivity contribution in [3.8, 4) is 11.5 Å². The number of aliphatic carboxylic acids is 2. The summed E-state index contributed by atoms with van der Waals surface area (Å²) in [6, 6.07) is 4.89. The summed E-state index contributed by atoms with van der Waals surface area (Å²) in [6.45, 7) is 3.23. The Morgan fingerprint density at radius 2 is 2.09 bits per heavy atom. The summed E-state index contributed by atoms with van der Waals surface area (Å²) in [5, 5.41) is 20.2. The second-order valence-electron chi connectivity index (χ2n) is 4.68. The molecule has 0 amide bonds. The number of rotatable bonds is 7. The minimum absolute atomic E-state index is 0.234. The number of nitrogens with one attached hydrogen (secondary N) is 1. The van der Waals surface area contributed by atoms with E-state index in [-0.39, 0.29) is 6.10 Å². The average Bonchev–Trinajstić information content (AvgIpc) is 2.52. The molecule has 1 aliphatic rings. The van der Waals surface area contributed by atoms with Crippen LogP contribution in [0.1, 0.15) is 6.92 Å². The van der Waals surface area contributed by atoms with Crippen LogP contribution >= 0.6 is 0 Å². The minimum Gasteiger partial charge on any atom is -0.486 e. The molecule has 0 saturated heterocycles. The van der Waals surface area contributed by atoms with Gasteiger partial charge in [-0.2, -0.15) is 0 Å². The number of hydrogen-bond donors (Lipinski definition) is 3. The molecule has 3 N–H and O–H groups in total. The molecule has 8 heteroatoms. The maximum Gasteiger partial charge on any atom is 0.344 e. The lowest BCUT2D eigenvalue weighted by atomic mass is 10.2. The van der Waals surface area contributed by atoms with Crippen LogP contribution in [-0.4, -0.2) is 48.1 Å². The van der Waals surface area contributed by atoms with E-state index in [0.29, 0.717) is 37.0 Å². The molecular weight excluding hydrogens is 306 g/mol. The molecule has 0 saturated carbocycles. The Bertz CT molecular complexity index is 610. The highest BCUT2D eigenvalue weighted by molar-refractivity contribution is 6.12. The van der Waals surface area contributed by atoms with Gasteiger partial charge in [0.1, 0.15) is 6.61 Å². The van der Waals surface area contributed by atoms with Gasteiger partial charge in [0.25, 0.3) is 0 Å². The Hall–Kier alpha value is -2.74. The molecule has 0 aromatic heterocycles. The van der Waals surface area contributed by atoms with Gasteiger partial charge in [-0.05, 0) is 19.1 Å². The lowest BCUT2D eigenvalue weighted by Gasteiger charge is -2.26. The van der Waals surface area contributed by atoms with Crippen LogP contribution in [0.4, 0.5) is 5.69 Å². The molecule has 23 heavy (non-hydrogen) atoms. The molecule has 0 bridgehead atoms. The van der Waals surface area contributed by atoms with Crippen LogP contribution in [0, 0.1) is 0 Å². The standard InChI is InChI=1S/C15H17NO7/c1-2-21-7-10-8-22-12-4-3-9(5-13(12)23-10)16-6-11(14(17)18)15(19)20/h3-6,10,16H,2,7-8H2,1H3,(H,17,18)(H,19,20). The van der Waals surface area contributed by atoms with Gasteiger partial charge in [0.15, 0.2) is 23.2 Å². The Kier molecular flexibility index (Phi) is 5.42. The highest BCUT2D eigenvalue weighted by Gasteiger charge is 2.21. The lowest BCUT2D eigenvalue weighted by molar-refractivity contribution is -0.140. The van der Waals surface area contributed by atoms with Gasteiger partial charge >= 0.3 is 11.9 Å². The van der Waals surface area contributed by atoms with Gasteiger partial charge in [0.05, 0.1) is 6.61 Å². The van der Waals surface area contributed by atoms with Crippen molar-refractivity contribution < 1.29 is 34.0 Å². The summed E-state index contributed by atoms with van der Waals surface area (Å²) >= 11 is 0. The van der Waals surface area contributed by atoms with E-state index in [1.54, 1.807) is 18.2 Å². The van der Waals surface area contributed by atoms with E-state index in [2.05, 4.69) is 5.32 Å². The van der Waals surface area contributed by atoms with Crippen molar-refractivity contribution in [2.75, 3.05) is 25.1 Å². The third-order valence-corrected chi connectivity index (χ3v) is 3.01. The predicted molar refractivity (Wildman–Crippen MR) is 79.8 cm³/mol. The quantitative estimate of drug-likeness (QED) is 0.391. The van der Waals surface area contributed by atoms with Gasteiger partial charge in [0, 0.05) is 24.6 Å². The fourth-order valence-corrected chi connectivity index (χ4v) is 1.91. The zero-order chi connectivity index (χ0) is 16.8. The van der Waals surface area contributed by atoms with Gasteiger partial charge in [-0.3, -0.25) is 0 Å². The Morgan fingerprint density at radius 1 is 1.35 bits per heavy atom. The van der Waals surface area contributed by atoms with Crippen molar-refractivity contribution in [1.29, 1.82) is 0 Å². The first-order valence-corrected chi connectivity index (χ1v) is 6.95. The highest BCUT2D eigenvalue weighted by Crippen LogP contribution is 2.34. The topological polar surface area (TPSA) is 114 Å². The number of hydrogen-bond acceptors (Lipinski definition) is 6. The molecule has 0 spiro atoms. The second kappa shape index (κ2) is 7.50. The largest absolute Gasteiger partial charge is 0.486 e. The minimum atomic E-state index is -1.53. The molecule has 1 heterocycles. The van der Waals surface area contributed by atoms with Gasteiger partial charge in [-0.25, -0.2) is 9.59 Å². The number of carboxylic acid groups (broad SMARTS) is 2. The van der Waals surface area contributed by atoms with Crippen LogP contribution in [0.3, 0.4) is 0 Å². The fraction of sp³-hybridized carbons (Fsp3) is 0.333. The Labute approximate surface area is 132 Å². The molecule has 1 aliphatic heterocycles. The lowest BCUT2D eigenvalue weighted by Crippen LogP contribution is -2.33. The smallest absolute Gasteiger partial charge is 0.344 e. The van der Waals surface area contributed by atoms with E-state index in [1.807, 2.05) is 6.92 Å². The first-order valence-electron chi connectivity index (χ1n) is 6.95. The molecule has 2 rings (SSSR count). The first kappa shape index (κ1) is 16.6. The molecule has 124 valence electrons. The van der Waals surface area contributed by atoms with Crippen LogP contribution in [0.15, 0.2) is 30.0 Å². The van der Waals surface area contributed by atoms with Crippen molar-refractivity contribution in [2.24, 2.45) is 0 Å². The van der Waals surface area contributed by atoms with Crippen LogP contribution in [-0.2, 0) is 14.3 Å². The highest BCUT2D eigenvalue weighted by atomic mass is 16.6. The normalized spacial score (nSPS) is 15.6. The van der Waals surface area contributed by atoms with Crippen LogP contribution in [0.25, 0.3) is 0 Å². The van der Waals surface area contributed by atoms with E-state index in [4.69, 9.17) is 24.4 Å².